The van der Waals surface area contributed by atoms with E-state index in [0.717, 1.165) is 5.56 Å². The first-order valence-electron chi connectivity index (χ1n) is 9.99. The molecule has 0 spiro atoms. The number of aromatic nitrogens is 2. The second-order valence-electron chi connectivity index (χ2n) is 7.84. The van der Waals surface area contributed by atoms with Crippen LogP contribution in [-0.4, -0.2) is 20.4 Å². The molecule has 2 heterocycles. The Morgan fingerprint density at radius 2 is 1.76 bits per heavy atom. The van der Waals surface area contributed by atoms with Crippen molar-refractivity contribution >= 4 is 16.8 Å². The molecular formula is C24H25N3O2. The number of hydrogen-bond donors (Lipinski definition) is 0. The van der Waals surface area contributed by atoms with Crippen LogP contribution >= 0.6 is 0 Å². The Kier molecular flexibility index (Phi) is 5.05. The van der Waals surface area contributed by atoms with Gasteiger partial charge in [0.25, 0.3) is 5.56 Å². The summed E-state index contributed by atoms with van der Waals surface area (Å²) in [4.78, 5) is 33.7. The normalized spacial score (nSPS) is 18.9. The predicted molar refractivity (Wildman–Crippen MR) is 114 cm³/mol. The molecular weight excluding hydrogens is 362 g/mol. The second-order valence-corrected chi connectivity index (χ2v) is 7.84. The molecule has 5 nitrogen and oxygen atoms in total. The molecule has 0 N–H and O–H groups in total. The van der Waals surface area contributed by atoms with E-state index in [1.54, 1.807) is 16.7 Å². The lowest BCUT2D eigenvalue weighted by atomic mass is 9.94. The SMILES string of the molecule is C=CC[C@@H]1C(=O)N(Cc2ccccc2)[C@@H](C(C)C)c2nc3ccccc3c(=O)n21. The van der Waals surface area contributed by atoms with E-state index in [9.17, 15) is 9.59 Å². The topological polar surface area (TPSA) is 55.2 Å². The quantitative estimate of drug-likeness (QED) is 0.615. The van der Waals surface area contributed by atoms with Gasteiger partial charge in [0.05, 0.1) is 16.9 Å². The van der Waals surface area contributed by atoms with Crippen LogP contribution in [0.5, 0.6) is 0 Å². The number of benzene rings is 2. The lowest BCUT2D eigenvalue weighted by Crippen LogP contribution is -2.51. The summed E-state index contributed by atoms with van der Waals surface area (Å²) in [6.45, 7) is 8.43. The number of para-hydroxylation sites is 1. The zero-order valence-corrected chi connectivity index (χ0v) is 16.8. The van der Waals surface area contributed by atoms with Gasteiger partial charge in [-0.2, -0.15) is 0 Å². The van der Waals surface area contributed by atoms with Gasteiger partial charge in [0, 0.05) is 6.54 Å². The molecule has 0 fully saturated rings. The molecule has 2 atom stereocenters. The Morgan fingerprint density at radius 1 is 1.07 bits per heavy atom. The van der Waals surface area contributed by atoms with E-state index in [4.69, 9.17) is 4.98 Å². The summed E-state index contributed by atoms with van der Waals surface area (Å²) in [7, 11) is 0. The minimum Gasteiger partial charge on any atom is -0.326 e. The van der Waals surface area contributed by atoms with Crippen molar-refractivity contribution in [2.24, 2.45) is 5.92 Å². The van der Waals surface area contributed by atoms with E-state index in [2.05, 4.69) is 20.4 Å². The molecule has 29 heavy (non-hydrogen) atoms. The van der Waals surface area contributed by atoms with Crippen molar-refractivity contribution in [1.29, 1.82) is 0 Å². The minimum absolute atomic E-state index is 0.0564. The molecule has 0 saturated carbocycles. The van der Waals surface area contributed by atoms with Crippen LogP contribution in [-0.2, 0) is 11.3 Å². The molecule has 0 radical (unpaired) electrons. The Balaban J connectivity index is 1.95. The Hall–Kier alpha value is -3.21. The summed E-state index contributed by atoms with van der Waals surface area (Å²) in [6, 6.07) is 16.4. The molecule has 1 aromatic heterocycles. The van der Waals surface area contributed by atoms with Gasteiger partial charge in [-0.25, -0.2) is 4.98 Å². The molecule has 1 aliphatic heterocycles. The van der Waals surface area contributed by atoms with Crippen molar-refractivity contribution in [3.63, 3.8) is 0 Å². The average molecular weight is 387 g/mol. The summed E-state index contributed by atoms with van der Waals surface area (Å²) >= 11 is 0. The molecule has 0 aliphatic carbocycles. The van der Waals surface area contributed by atoms with E-state index >= 15 is 0 Å². The Labute approximate surface area is 170 Å². The van der Waals surface area contributed by atoms with Gasteiger partial charge >= 0.3 is 0 Å². The zero-order chi connectivity index (χ0) is 20.5. The lowest BCUT2D eigenvalue weighted by Gasteiger charge is -2.42. The molecule has 0 unspecified atom stereocenters. The molecule has 1 aliphatic rings. The van der Waals surface area contributed by atoms with Crippen molar-refractivity contribution in [2.75, 3.05) is 0 Å². The van der Waals surface area contributed by atoms with Crippen LogP contribution in [0.3, 0.4) is 0 Å². The van der Waals surface area contributed by atoms with Crippen molar-refractivity contribution in [3.8, 4) is 0 Å². The number of rotatable bonds is 5. The molecule has 1 amide bonds. The number of amides is 1. The first-order chi connectivity index (χ1) is 14.0. The van der Waals surface area contributed by atoms with Crippen molar-refractivity contribution in [1.82, 2.24) is 14.5 Å². The zero-order valence-electron chi connectivity index (χ0n) is 16.8. The van der Waals surface area contributed by atoms with Gasteiger partial charge in [-0.15, -0.1) is 6.58 Å². The van der Waals surface area contributed by atoms with Crippen LogP contribution in [0.15, 0.2) is 72.0 Å². The predicted octanol–water partition coefficient (Wildman–Crippen LogP) is 4.25. The van der Waals surface area contributed by atoms with E-state index in [-0.39, 0.29) is 23.4 Å². The maximum atomic E-state index is 13.6. The molecule has 3 aromatic rings. The van der Waals surface area contributed by atoms with E-state index in [0.29, 0.717) is 29.7 Å². The van der Waals surface area contributed by atoms with Crippen LogP contribution in [0.25, 0.3) is 10.9 Å². The number of fused-ring (bicyclic) bond motifs is 2. The van der Waals surface area contributed by atoms with E-state index in [1.807, 2.05) is 53.4 Å². The lowest BCUT2D eigenvalue weighted by molar-refractivity contribution is -0.142. The van der Waals surface area contributed by atoms with Gasteiger partial charge in [-0.3, -0.25) is 14.2 Å². The summed E-state index contributed by atoms with van der Waals surface area (Å²) < 4.78 is 1.61. The first kappa shape index (κ1) is 19.1. The monoisotopic (exact) mass is 387 g/mol. The molecule has 0 bridgehead atoms. The van der Waals surface area contributed by atoms with Crippen LogP contribution in [0.1, 0.15) is 43.7 Å². The standard InChI is InChI=1S/C24H25N3O2/c1-4-10-20-24(29)26(15-17-11-6-5-7-12-17)21(16(2)3)22-25-19-14-9-8-13-18(19)23(28)27(20)22/h4-9,11-14,16,20-21H,1,10,15H2,2-3H3/t20-,21+/m1/s1. The Bertz CT molecular complexity index is 1120. The fraction of sp³-hybridized carbons (Fsp3) is 0.292. The highest BCUT2D eigenvalue weighted by Crippen LogP contribution is 2.37. The van der Waals surface area contributed by atoms with Gasteiger partial charge in [0.1, 0.15) is 11.9 Å². The maximum absolute atomic E-state index is 13.6. The largest absolute Gasteiger partial charge is 0.326 e. The van der Waals surface area contributed by atoms with Crippen LogP contribution in [0, 0.1) is 5.92 Å². The fourth-order valence-corrected chi connectivity index (χ4v) is 4.23. The summed E-state index contributed by atoms with van der Waals surface area (Å²) in [6.07, 6.45) is 2.09. The third-order valence-corrected chi connectivity index (χ3v) is 5.53. The number of hydrogen-bond acceptors (Lipinski definition) is 3. The maximum Gasteiger partial charge on any atom is 0.262 e. The van der Waals surface area contributed by atoms with E-state index < -0.39 is 6.04 Å². The van der Waals surface area contributed by atoms with E-state index in [1.165, 1.54) is 0 Å². The van der Waals surface area contributed by atoms with Crippen molar-refractivity contribution < 1.29 is 4.79 Å². The first-order valence-corrected chi connectivity index (χ1v) is 9.99. The smallest absolute Gasteiger partial charge is 0.262 e. The number of nitrogens with zero attached hydrogens (tertiary/aromatic N) is 3. The summed E-state index contributed by atoms with van der Waals surface area (Å²) in [5.41, 5.74) is 1.57. The molecule has 0 saturated heterocycles. The molecule has 2 aromatic carbocycles. The van der Waals surface area contributed by atoms with Crippen molar-refractivity contribution in [3.05, 3.63) is 89.0 Å². The van der Waals surface area contributed by atoms with Gasteiger partial charge in [-0.05, 0) is 30.0 Å². The van der Waals surface area contributed by atoms with Crippen LogP contribution < -0.4 is 5.56 Å². The van der Waals surface area contributed by atoms with Crippen LogP contribution in [0.4, 0.5) is 0 Å². The van der Waals surface area contributed by atoms with Gasteiger partial charge < -0.3 is 4.90 Å². The molecule has 5 heteroatoms. The Morgan fingerprint density at radius 3 is 2.45 bits per heavy atom. The number of carbonyl (C=O) groups excluding carboxylic acids is 1. The third kappa shape index (κ3) is 3.27. The van der Waals surface area contributed by atoms with Gasteiger partial charge in [0.15, 0.2) is 0 Å². The minimum atomic E-state index is -0.620. The highest BCUT2D eigenvalue weighted by atomic mass is 16.2. The highest BCUT2D eigenvalue weighted by Gasteiger charge is 2.42. The van der Waals surface area contributed by atoms with Crippen molar-refractivity contribution in [2.45, 2.75) is 38.9 Å². The number of carbonyl (C=O) groups is 1. The third-order valence-electron chi connectivity index (χ3n) is 5.53. The molecule has 4 rings (SSSR count). The van der Waals surface area contributed by atoms with Gasteiger partial charge in [-0.1, -0.05) is 62.4 Å². The highest BCUT2D eigenvalue weighted by molar-refractivity contribution is 5.84. The number of allylic oxidation sites excluding steroid dienone is 1. The second kappa shape index (κ2) is 7.66. The fourth-order valence-electron chi connectivity index (χ4n) is 4.23. The average Bonchev–Trinajstić information content (AvgIpc) is 2.72. The molecule has 148 valence electrons. The van der Waals surface area contributed by atoms with Crippen LogP contribution in [0.2, 0.25) is 0 Å². The summed E-state index contributed by atoms with van der Waals surface area (Å²) in [5.74, 6) is 0.705. The van der Waals surface area contributed by atoms with Gasteiger partial charge in [0.2, 0.25) is 5.91 Å². The summed E-state index contributed by atoms with van der Waals surface area (Å²) in [5, 5.41) is 0.539.